The zero-order valence-electron chi connectivity index (χ0n) is 15.3. The number of hydrogen-bond acceptors (Lipinski definition) is 5. The summed E-state index contributed by atoms with van der Waals surface area (Å²) in [6.07, 6.45) is 0.0895. The maximum Gasteiger partial charge on any atom is 0.328 e. The van der Waals surface area contributed by atoms with E-state index < -0.39 is 5.97 Å². The van der Waals surface area contributed by atoms with Crippen molar-refractivity contribution >= 4 is 28.6 Å². The first-order valence-electron chi connectivity index (χ1n) is 8.92. The summed E-state index contributed by atoms with van der Waals surface area (Å²) in [6, 6.07) is 10.9. The van der Waals surface area contributed by atoms with Crippen LogP contribution in [-0.4, -0.2) is 28.3 Å². The Bertz CT molecular complexity index is 1100. The monoisotopic (exact) mass is 402 g/mol. The number of benzene rings is 2. The molecule has 0 fully saturated rings. The van der Waals surface area contributed by atoms with Gasteiger partial charge >= 0.3 is 11.7 Å². The van der Waals surface area contributed by atoms with Gasteiger partial charge in [0, 0.05) is 13.6 Å². The molecule has 0 amide bonds. The van der Waals surface area contributed by atoms with Crippen molar-refractivity contribution in [1.29, 1.82) is 0 Å². The SMILES string of the molecule is Cn1c(=O)n(CCC(=O)OCc2cc(Cl)c3c(c2)OCCO3)c2ccccc21. The molecule has 0 aliphatic carbocycles. The number of carbonyl (C=O) groups is 1. The molecule has 0 atom stereocenters. The van der Waals surface area contributed by atoms with Crippen molar-refractivity contribution in [2.75, 3.05) is 13.2 Å². The number of hydrogen-bond donors (Lipinski definition) is 0. The molecule has 8 heteroatoms. The van der Waals surface area contributed by atoms with E-state index in [0.717, 1.165) is 11.0 Å². The van der Waals surface area contributed by atoms with Crippen LogP contribution < -0.4 is 15.2 Å². The molecule has 3 aromatic rings. The highest BCUT2D eigenvalue weighted by Crippen LogP contribution is 2.38. The van der Waals surface area contributed by atoms with E-state index in [1.807, 2.05) is 24.3 Å². The Kier molecular flexibility index (Phi) is 5.00. The predicted octanol–water partition coefficient (Wildman–Crippen LogP) is 2.90. The molecular weight excluding hydrogens is 384 g/mol. The van der Waals surface area contributed by atoms with E-state index in [1.54, 1.807) is 28.3 Å². The maximum absolute atomic E-state index is 12.4. The lowest BCUT2D eigenvalue weighted by atomic mass is 10.2. The summed E-state index contributed by atoms with van der Waals surface area (Å²) in [7, 11) is 1.71. The summed E-state index contributed by atoms with van der Waals surface area (Å²) in [4.78, 5) is 24.6. The Morgan fingerprint density at radius 3 is 2.75 bits per heavy atom. The van der Waals surface area contributed by atoms with Crippen LogP contribution >= 0.6 is 11.6 Å². The number of fused-ring (bicyclic) bond motifs is 2. The van der Waals surface area contributed by atoms with Crippen LogP contribution in [0.25, 0.3) is 11.0 Å². The minimum absolute atomic E-state index is 0.0691. The first kappa shape index (κ1) is 18.4. The van der Waals surface area contributed by atoms with Crippen LogP contribution in [0.1, 0.15) is 12.0 Å². The van der Waals surface area contributed by atoms with Crippen LogP contribution in [0.2, 0.25) is 5.02 Å². The van der Waals surface area contributed by atoms with E-state index in [1.165, 1.54) is 0 Å². The molecule has 4 rings (SSSR count). The van der Waals surface area contributed by atoms with Gasteiger partial charge in [0.1, 0.15) is 19.8 Å². The lowest BCUT2D eigenvalue weighted by Crippen LogP contribution is -2.23. The summed E-state index contributed by atoms with van der Waals surface area (Å²) < 4.78 is 19.5. The number of ether oxygens (including phenoxy) is 3. The largest absolute Gasteiger partial charge is 0.486 e. The van der Waals surface area contributed by atoms with E-state index in [2.05, 4.69) is 0 Å². The first-order valence-corrected chi connectivity index (χ1v) is 9.30. The molecule has 146 valence electrons. The van der Waals surface area contributed by atoms with Crippen molar-refractivity contribution in [3.8, 4) is 11.5 Å². The average molecular weight is 403 g/mol. The highest BCUT2D eigenvalue weighted by Gasteiger charge is 2.17. The third kappa shape index (κ3) is 3.45. The lowest BCUT2D eigenvalue weighted by molar-refractivity contribution is -0.145. The predicted molar refractivity (Wildman–Crippen MR) is 104 cm³/mol. The number of aromatic nitrogens is 2. The molecule has 0 N–H and O–H groups in total. The molecule has 7 nitrogen and oxygen atoms in total. The minimum atomic E-state index is -0.397. The van der Waals surface area contributed by atoms with Crippen molar-refractivity contribution in [2.45, 2.75) is 19.6 Å². The molecule has 0 saturated heterocycles. The van der Waals surface area contributed by atoms with Gasteiger partial charge in [-0.3, -0.25) is 13.9 Å². The standard InChI is InChI=1S/C20H19ClN2O5/c1-22-15-4-2-3-5-16(15)23(20(22)25)7-6-18(24)28-12-13-10-14(21)19-17(11-13)26-8-9-27-19/h2-5,10-11H,6-9,12H2,1H3. The number of esters is 1. The smallest absolute Gasteiger partial charge is 0.328 e. The van der Waals surface area contributed by atoms with Crippen LogP contribution in [0.5, 0.6) is 11.5 Å². The van der Waals surface area contributed by atoms with Gasteiger partial charge in [0.15, 0.2) is 11.5 Å². The third-order valence-electron chi connectivity index (χ3n) is 4.65. The fourth-order valence-electron chi connectivity index (χ4n) is 3.27. The van der Waals surface area contributed by atoms with Gasteiger partial charge in [-0.15, -0.1) is 0 Å². The van der Waals surface area contributed by atoms with E-state index in [9.17, 15) is 9.59 Å². The summed E-state index contributed by atoms with van der Waals surface area (Å²) in [5.74, 6) is 0.663. The summed E-state index contributed by atoms with van der Waals surface area (Å²) in [5, 5.41) is 0.422. The average Bonchev–Trinajstić information content (AvgIpc) is 2.95. The molecule has 0 saturated carbocycles. The highest BCUT2D eigenvalue weighted by atomic mass is 35.5. The molecule has 2 aromatic carbocycles. The lowest BCUT2D eigenvalue weighted by Gasteiger charge is -2.20. The number of nitrogens with zero attached hydrogens (tertiary/aromatic N) is 2. The fraction of sp³-hybridized carbons (Fsp3) is 0.300. The van der Waals surface area contributed by atoms with Crippen LogP contribution in [0, 0.1) is 0 Å². The Morgan fingerprint density at radius 2 is 1.93 bits per heavy atom. The van der Waals surface area contributed by atoms with E-state index >= 15 is 0 Å². The first-order chi connectivity index (χ1) is 13.5. The minimum Gasteiger partial charge on any atom is -0.486 e. The molecule has 0 unspecified atom stereocenters. The van der Waals surface area contributed by atoms with E-state index in [0.29, 0.717) is 35.3 Å². The number of halogens is 1. The van der Waals surface area contributed by atoms with Crippen LogP contribution in [0.4, 0.5) is 0 Å². The zero-order chi connectivity index (χ0) is 19.7. The Labute approximate surface area is 166 Å². The van der Waals surface area contributed by atoms with Gasteiger partial charge in [-0.25, -0.2) is 4.79 Å². The molecular formula is C20H19ClN2O5. The van der Waals surface area contributed by atoms with Gasteiger partial charge in [0.2, 0.25) is 0 Å². The number of para-hydroxylation sites is 2. The second kappa shape index (κ2) is 7.59. The Balaban J connectivity index is 1.40. The third-order valence-corrected chi connectivity index (χ3v) is 4.93. The second-order valence-electron chi connectivity index (χ2n) is 6.49. The molecule has 2 heterocycles. The molecule has 0 spiro atoms. The van der Waals surface area contributed by atoms with E-state index in [4.69, 9.17) is 25.8 Å². The van der Waals surface area contributed by atoms with Crippen LogP contribution in [-0.2, 0) is 29.7 Å². The quantitative estimate of drug-likeness (QED) is 0.614. The van der Waals surface area contributed by atoms with Crippen molar-refractivity contribution < 1.29 is 19.0 Å². The van der Waals surface area contributed by atoms with Crippen molar-refractivity contribution in [3.63, 3.8) is 0 Å². The van der Waals surface area contributed by atoms with Gasteiger partial charge in [-0.1, -0.05) is 23.7 Å². The van der Waals surface area contributed by atoms with Gasteiger partial charge in [0.05, 0.1) is 22.5 Å². The van der Waals surface area contributed by atoms with Gasteiger partial charge in [-0.2, -0.15) is 0 Å². The van der Waals surface area contributed by atoms with Crippen molar-refractivity contribution in [3.05, 3.63) is 57.5 Å². The molecule has 0 radical (unpaired) electrons. The number of rotatable bonds is 5. The normalized spacial score (nSPS) is 12.9. The van der Waals surface area contributed by atoms with E-state index in [-0.39, 0.29) is 25.3 Å². The van der Waals surface area contributed by atoms with Gasteiger partial charge < -0.3 is 14.2 Å². The van der Waals surface area contributed by atoms with Crippen molar-refractivity contribution in [2.24, 2.45) is 7.05 Å². The van der Waals surface area contributed by atoms with Gasteiger partial charge in [0.25, 0.3) is 0 Å². The molecule has 1 aliphatic heterocycles. The Morgan fingerprint density at radius 1 is 1.18 bits per heavy atom. The zero-order valence-corrected chi connectivity index (χ0v) is 16.1. The molecule has 1 aromatic heterocycles. The molecule has 28 heavy (non-hydrogen) atoms. The topological polar surface area (TPSA) is 71.7 Å². The van der Waals surface area contributed by atoms with Crippen LogP contribution in [0.15, 0.2) is 41.2 Å². The summed E-state index contributed by atoms with van der Waals surface area (Å²) >= 11 is 6.19. The van der Waals surface area contributed by atoms with Crippen LogP contribution in [0.3, 0.4) is 0 Å². The summed E-state index contributed by atoms with van der Waals surface area (Å²) in [6.45, 7) is 1.22. The molecule has 1 aliphatic rings. The summed E-state index contributed by atoms with van der Waals surface area (Å²) in [5.41, 5.74) is 2.17. The van der Waals surface area contributed by atoms with Gasteiger partial charge in [-0.05, 0) is 29.8 Å². The maximum atomic E-state index is 12.4. The fourth-order valence-corrected chi connectivity index (χ4v) is 3.55. The molecule has 0 bridgehead atoms. The number of imidazole rings is 1. The number of carbonyl (C=O) groups excluding carboxylic acids is 1. The highest BCUT2D eigenvalue weighted by molar-refractivity contribution is 6.32. The van der Waals surface area contributed by atoms with Crippen molar-refractivity contribution in [1.82, 2.24) is 9.13 Å². The Hall–Kier alpha value is -2.93. The second-order valence-corrected chi connectivity index (χ2v) is 6.90. The number of aryl methyl sites for hydroxylation is 2.